The number of nitrogens with zero attached hydrogens (tertiary/aromatic N) is 5. The van der Waals surface area contributed by atoms with Crippen LogP contribution in [0.4, 0.5) is 11.5 Å². The lowest BCUT2D eigenvalue weighted by atomic mass is 9.93. The SMILES string of the molecule is Cc1cc2nc(N[C@H]3CC[C@@H](Oc4cc(N5CCOCC5)cc5nccnc45)CC3)cc(=O)n2o1. The van der Waals surface area contributed by atoms with Gasteiger partial charge in [-0.05, 0) is 38.7 Å². The van der Waals surface area contributed by atoms with Crippen molar-refractivity contribution in [1.82, 2.24) is 19.5 Å². The quantitative estimate of drug-likeness (QED) is 0.465. The molecule has 2 fully saturated rings. The van der Waals surface area contributed by atoms with E-state index in [1.165, 1.54) is 10.6 Å². The van der Waals surface area contributed by atoms with E-state index in [2.05, 4.69) is 37.3 Å². The summed E-state index contributed by atoms with van der Waals surface area (Å²) < 4.78 is 18.6. The highest BCUT2D eigenvalue weighted by molar-refractivity contribution is 5.85. The van der Waals surface area contributed by atoms with E-state index < -0.39 is 0 Å². The number of hydrogen-bond donors (Lipinski definition) is 1. The lowest BCUT2D eigenvalue weighted by Crippen LogP contribution is -2.36. The lowest BCUT2D eigenvalue weighted by molar-refractivity contribution is 0.122. The van der Waals surface area contributed by atoms with E-state index in [0.717, 1.165) is 74.5 Å². The van der Waals surface area contributed by atoms with Gasteiger partial charge in [0.2, 0.25) is 0 Å². The van der Waals surface area contributed by atoms with E-state index >= 15 is 0 Å². The fourth-order valence-corrected chi connectivity index (χ4v) is 4.93. The molecule has 0 bridgehead atoms. The van der Waals surface area contributed by atoms with E-state index in [4.69, 9.17) is 14.0 Å². The number of ether oxygens (including phenoxy) is 2. The Morgan fingerprint density at radius 3 is 2.66 bits per heavy atom. The van der Waals surface area contributed by atoms with Gasteiger partial charge >= 0.3 is 0 Å². The third-order valence-corrected chi connectivity index (χ3v) is 6.69. The minimum Gasteiger partial charge on any atom is -0.488 e. The molecule has 1 saturated heterocycles. The van der Waals surface area contributed by atoms with Crippen LogP contribution in [0.15, 0.2) is 46.0 Å². The number of benzene rings is 1. The zero-order chi connectivity index (χ0) is 23.8. The van der Waals surface area contributed by atoms with Crippen molar-refractivity contribution in [2.75, 3.05) is 36.5 Å². The molecule has 1 saturated carbocycles. The smallest absolute Gasteiger partial charge is 0.289 e. The number of aromatic nitrogens is 4. The first-order valence-electron chi connectivity index (χ1n) is 12.1. The van der Waals surface area contributed by atoms with Crippen molar-refractivity contribution in [2.24, 2.45) is 0 Å². The van der Waals surface area contributed by atoms with Crippen LogP contribution in [0, 0.1) is 6.92 Å². The van der Waals surface area contributed by atoms with Gasteiger partial charge in [-0.2, -0.15) is 0 Å². The van der Waals surface area contributed by atoms with Gasteiger partial charge in [0, 0.05) is 55.4 Å². The van der Waals surface area contributed by atoms with Gasteiger partial charge in [-0.3, -0.25) is 9.78 Å². The van der Waals surface area contributed by atoms with Gasteiger partial charge < -0.3 is 24.2 Å². The van der Waals surface area contributed by atoms with E-state index in [1.807, 2.05) is 0 Å². The molecule has 10 nitrogen and oxygen atoms in total. The predicted octanol–water partition coefficient (Wildman–Crippen LogP) is 3.18. The molecular weight excluding hydrogens is 448 g/mol. The minimum absolute atomic E-state index is 0.0933. The molecule has 3 aromatic heterocycles. The fourth-order valence-electron chi connectivity index (χ4n) is 4.93. The van der Waals surface area contributed by atoms with E-state index in [9.17, 15) is 4.79 Å². The van der Waals surface area contributed by atoms with E-state index in [0.29, 0.717) is 17.2 Å². The first-order chi connectivity index (χ1) is 17.1. The second-order valence-corrected chi connectivity index (χ2v) is 9.18. The molecule has 0 unspecified atom stereocenters. The number of hydrogen-bond acceptors (Lipinski definition) is 9. The molecule has 4 heterocycles. The number of nitrogens with one attached hydrogen (secondary N) is 1. The fraction of sp³-hybridized carbons (Fsp3) is 0.440. The molecule has 2 aliphatic rings. The molecule has 0 spiro atoms. The number of anilines is 2. The van der Waals surface area contributed by atoms with Crippen molar-refractivity contribution in [3.8, 4) is 5.75 Å². The highest BCUT2D eigenvalue weighted by Gasteiger charge is 2.25. The summed E-state index contributed by atoms with van der Waals surface area (Å²) >= 11 is 0. The summed E-state index contributed by atoms with van der Waals surface area (Å²) in [5, 5.41) is 3.43. The van der Waals surface area contributed by atoms with Crippen molar-refractivity contribution in [3.05, 3.63) is 52.8 Å². The van der Waals surface area contributed by atoms with Gasteiger partial charge in [0.15, 0.2) is 5.65 Å². The largest absolute Gasteiger partial charge is 0.488 e. The number of aryl methyl sites for hydroxylation is 1. The molecule has 4 aromatic rings. The van der Waals surface area contributed by atoms with Crippen LogP contribution < -0.4 is 20.5 Å². The van der Waals surface area contributed by atoms with Crippen LogP contribution in [0.1, 0.15) is 31.4 Å². The molecule has 0 radical (unpaired) electrons. The first kappa shape index (κ1) is 21.8. The Hall–Kier alpha value is -3.66. The first-order valence-corrected chi connectivity index (χ1v) is 12.1. The van der Waals surface area contributed by atoms with Crippen molar-refractivity contribution in [2.45, 2.75) is 44.8 Å². The maximum atomic E-state index is 12.3. The Labute approximate surface area is 201 Å². The maximum Gasteiger partial charge on any atom is 0.289 e. The molecule has 182 valence electrons. The predicted molar refractivity (Wildman–Crippen MR) is 131 cm³/mol. The van der Waals surface area contributed by atoms with Crippen LogP contribution in [0.5, 0.6) is 5.75 Å². The normalized spacial score (nSPS) is 20.9. The number of morpholine rings is 1. The topological polar surface area (TPSA) is 107 Å². The average molecular weight is 477 g/mol. The summed E-state index contributed by atoms with van der Waals surface area (Å²) in [6, 6.07) is 7.64. The van der Waals surface area contributed by atoms with Crippen molar-refractivity contribution in [3.63, 3.8) is 0 Å². The molecule has 0 atom stereocenters. The summed E-state index contributed by atoms with van der Waals surface area (Å²) in [4.78, 5) is 28.2. The van der Waals surface area contributed by atoms with E-state index in [-0.39, 0.29) is 17.7 Å². The number of rotatable bonds is 5. The Balaban J connectivity index is 1.15. The van der Waals surface area contributed by atoms with Gasteiger partial charge in [0.05, 0.1) is 24.8 Å². The van der Waals surface area contributed by atoms with E-state index in [1.54, 1.807) is 25.4 Å². The minimum atomic E-state index is -0.226. The summed E-state index contributed by atoms with van der Waals surface area (Å²) in [6.45, 7) is 4.95. The molecule has 6 rings (SSSR count). The van der Waals surface area contributed by atoms with Crippen LogP contribution in [0.2, 0.25) is 0 Å². The molecular formula is C25H28N6O4. The van der Waals surface area contributed by atoms with Crippen molar-refractivity contribution < 1.29 is 14.0 Å². The molecule has 1 aliphatic heterocycles. The van der Waals surface area contributed by atoms with Crippen LogP contribution >= 0.6 is 0 Å². The number of fused-ring (bicyclic) bond motifs is 2. The van der Waals surface area contributed by atoms with Gasteiger partial charge in [-0.25, -0.2) is 9.97 Å². The molecule has 1 aliphatic carbocycles. The van der Waals surface area contributed by atoms with Crippen LogP contribution in [0.25, 0.3) is 16.7 Å². The van der Waals surface area contributed by atoms with Gasteiger partial charge in [-0.1, -0.05) is 0 Å². The summed E-state index contributed by atoms with van der Waals surface area (Å²) in [6.07, 6.45) is 7.15. The monoisotopic (exact) mass is 476 g/mol. The Morgan fingerprint density at radius 1 is 1.03 bits per heavy atom. The van der Waals surface area contributed by atoms with Gasteiger partial charge in [0.1, 0.15) is 22.8 Å². The zero-order valence-corrected chi connectivity index (χ0v) is 19.6. The molecule has 1 aromatic carbocycles. The average Bonchev–Trinajstić information content (AvgIpc) is 3.26. The molecule has 10 heteroatoms. The summed E-state index contributed by atoms with van der Waals surface area (Å²) in [5.74, 6) is 2.02. The highest BCUT2D eigenvalue weighted by atomic mass is 16.5. The van der Waals surface area contributed by atoms with Gasteiger partial charge in [0.25, 0.3) is 5.56 Å². The lowest BCUT2D eigenvalue weighted by Gasteiger charge is -2.31. The molecule has 35 heavy (non-hydrogen) atoms. The summed E-state index contributed by atoms with van der Waals surface area (Å²) in [7, 11) is 0. The highest BCUT2D eigenvalue weighted by Crippen LogP contribution is 2.33. The summed E-state index contributed by atoms with van der Waals surface area (Å²) in [5.41, 5.74) is 3.01. The molecule has 0 amide bonds. The Kier molecular flexibility index (Phi) is 5.73. The van der Waals surface area contributed by atoms with Gasteiger partial charge in [-0.15, -0.1) is 4.57 Å². The third-order valence-electron chi connectivity index (χ3n) is 6.69. The molecule has 1 N–H and O–H groups in total. The van der Waals surface area contributed by atoms with Crippen LogP contribution in [-0.2, 0) is 4.74 Å². The third kappa shape index (κ3) is 4.53. The standard InChI is InChI=1S/C25H28N6O4/c1-16-12-23-29-22(15-24(32)31(23)35-16)28-17-2-4-19(5-3-17)34-21-14-18(30-8-10-33-11-9-30)13-20-25(21)27-7-6-26-20/h6-7,12-15,17,19,28H,2-5,8-11H2,1H3/t17-,19+. The van der Waals surface area contributed by atoms with Crippen LogP contribution in [-0.4, -0.2) is 58.0 Å². The van der Waals surface area contributed by atoms with Crippen molar-refractivity contribution in [1.29, 1.82) is 0 Å². The van der Waals surface area contributed by atoms with Crippen molar-refractivity contribution >= 4 is 28.2 Å². The Bertz CT molecular complexity index is 1400. The second kappa shape index (κ2) is 9.18. The second-order valence-electron chi connectivity index (χ2n) is 9.18. The zero-order valence-electron chi connectivity index (χ0n) is 19.6. The Morgan fingerprint density at radius 2 is 1.83 bits per heavy atom. The van der Waals surface area contributed by atoms with Crippen LogP contribution in [0.3, 0.4) is 0 Å². The maximum absolute atomic E-state index is 12.3.